The minimum Gasteiger partial charge on any atom is -0.337 e. The van der Waals surface area contributed by atoms with Gasteiger partial charge in [-0.15, -0.1) is 0 Å². The van der Waals surface area contributed by atoms with E-state index in [1.807, 2.05) is 0 Å². The van der Waals surface area contributed by atoms with Gasteiger partial charge >= 0.3 is 6.18 Å². The van der Waals surface area contributed by atoms with Crippen LogP contribution in [0.25, 0.3) is 0 Å². The molecule has 1 amide bonds. The van der Waals surface area contributed by atoms with E-state index < -0.39 is 27.7 Å². The van der Waals surface area contributed by atoms with Gasteiger partial charge in [0.15, 0.2) is 0 Å². The van der Waals surface area contributed by atoms with Crippen LogP contribution in [-0.2, 0) is 22.7 Å². The summed E-state index contributed by atoms with van der Waals surface area (Å²) in [6.07, 6.45) is -4.44. The van der Waals surface area contributed by atoms with Gasteiger partial charge in [-0.2, -0.15) is 13.2 Å². The number of alkyl halides is 3. The van der Waals surface area contributed by atoms with Crippen molar-refractivity contribution in [3.05, 3.63) is 64.2 Å². The second kappa shape index (κ2) is 7.87. The van der Waals surface area contributed by atoms with Crippen LogP contribution in [0, 0.1) is 0 Å². The lowest BCUT2D eigenvalue weighted by Gasteiger charge is -2.19. The summed E-state index contributed by atoms with van der Waals surface area (Å²) in [5, 5.41) is 0.0642. The second-order valence-corrected chi connectivity index (χ2v) is 8.00. The van der Waals surface area contributed by atoms with Crippen molar-refractivity contribution in [2.45, 2.75) is 17.6 Å². The summed E-state index contributed by atoms with van der Waals surface area (Å²) in [4.78, 5) is 13.7. The molecule has 0 aliphatic rings. The van der Waals surface area contributed by atoms with Gasteiger partial charge in [0, 0.05) is 13.6 Å². The number of carbonyl (C=O) groups is 1. The molecule has 0 radical (unpaired) electrons. The van der Waals surface area contributed by atoms with E-state index in [1.54, 1.807) is 0 Å². The largest absolute Gasteiger partial charge is 0.416 e. The molecule has 2 aromatic carbocycles. The van der Waals surface area contributed by atoms with Crippen molar-refractivity contribution >= 4 is 27.5 Å². The summed E-state index contributed by atoms with van der Waals surface area (Å²) < 4.78 is 63.7. The molecule has 0 heterocycles. The molecule has 5 nitrogen and oxygen atoms in total. The molecule has 2 aromatic rings. The topological polar surface area (TPSA) is 66.5 Å². The maximum atomic E-state index is 12.6. The Labute approximate surface area is 159 Å². The Balaban J connectivity index is 2.24. The van der Waals surface area contributed by atoms with Crippen LogP contribution in [0.15, 0.2) is 47.4 Å². The third-order valence-electron chi connectivity index (χ3n) is 3.79. The van der Waals surface area contributed by atoms with Crippen LogP contribution in [0.3, 0.4) is 0 Å². The summed E-state index contributed by atoms with van der Waals surface area (Å²) in [5.74, 6) is -0.562. The normalized spacial score (nSPS) is 12.1. The predicted octanol–water partition coefficient (Wildman–Crippen LogP) is 3.54. The predicted molar refractivity (Wildman–Crippen MR) is 94.9 cm³/mol. The molecular formula is C17H16ClF3N2O3S. The van der Waals surface area contributed by atoms with Crippen molar-refractivity contribution in [2.24, 2.45) is 0 Å². The molecule has 0 fully saturated rings. The summed E-state index contributed by atoms with van der Waals surface area (Å²) in [7, 11) is -1.08. The van der Waals surface area contributed by atoms with Crippen LogP contribution in [0.2, 0.25) is 5.02 Å². The Morgan fingerprint density at radius 3 is 2.26 bits per heavy atom. The van der Waals surface area contributed by atoms with Gasteiger partial charge in [-0.25, -0.2) is 13.1 Å². The number of hydrogen-bond donors (Lipinski definition) is 1. The monoisotopic (exact) mass is 420 g/mol. The van der Waals surface area contributed by atoms with Crippen LogP contribution < -0.4 is 4.72 Å². The first kappa shape index (κ1) is 21.2. The molecule has 146 valence electrons. The fourth-order valence-electron chi connectivity index (χ4n) is 2.30. The minimum atomic E-state index is -4.44. The minimum absolute atomic E-state index is 0.0241. The molecular weight excluding hydrogens is 405 g/mol. The van der Waals surface area contributed by atoms with E-state index in [4.69, 9.17) is 11.6 Å². The molecule has 0 aromatic heterocycles. The number of nitrogens with zero attached hydrogens (tertiary/aromatic N) is 1. The Morgan fingerprint density at radius 1 is 1.15 bits per heavy atom. The van der Waals surface area contributed by atoms with E-state index >= 15 is 0 Å². The zero-order valence-corrected chi connectivity index (χ0v) is 15.9. The van der Waals surface area contributed by atoms with E-state index in [-0.39, 0.29) is 22.0 Å². The molecule has 0 spiro atoms. The Kier molecular flexibility index (Phi) is 6.18. The SMILES string of the molecule is CNS(=O)(=O)c1ccc(Cl)c(C(=O)N(C)Cc2ccc(C(F)(F)F)cc2)c1. The van der Waals surface area contributed by atoms with Crippen molar-refractivity contribution < 1.29 is 26.4 Å². The van der Waals surface area contributed by atoms with Gasteiger partial charge in [-0.3, -0.25) is 4.79 Å². The van der Waals surface area contributed by atoms with Crippen molar-refractivity contribution in [1.29, 1.82) is 0 Å². The number of benzene rings is 2. The molecule has 0 saturated heterocycles. The van der Waals surface area contributed by atoms with Crippen molar-refractivity contribution in [1.82, 2.24) is 9.62 Å². The lowest BCUT2D eigenvalue weighted by Crippen LogP contribution is -2.27. The first-order valence-electron chi connectivity index (χ1n) is 7.60. The molecule has 0 saturated carbocycles. The third kappa shape index (κ3) is 5.00. The van der Waals surface area contributed by atoms with Gasteiger partial charge in [-0.1, -0.05) is 23.7 Å². The summed E-state index contributed by atoms with van der Waals surface area (Å²) >= 11 is 6.01. The third-order valence-corrected chi connectivity index (χ3v) is 5.54. The van der Waals surface area contributed by atoms with E-state index in [1.165, 1.54) is 43.3 Å². The fraction of sp³-hybridized carbons (Fsp3) is 0.235. The van der Waals surface area contributed by atoms with E-state index in [9.17, 15) is 26.4 Å². The number of nitrogens with one attached hydrogen (secondary N) is 1. The summed E-state index contributed by atoms with van der Waals surface area (Å²) in [6, 6.07) is 8.12. The van der Waals surface area contributed by atoms with E-state index in [0.717, 1.165) is 18.2 Å². The Hall–Kier alpha value is -2.10. The van der Waals surface area contributed by atoms with Crippen molar-refractivity contribution in [3.8, 4) is 0 Å². The number of sulfonamides is 1. The number of carbonyl (C=O) groups excluding carboxylic acids is 1. The van der Waals surface area contributed by atoms with Crippen LogP contribution in [0.1, 0.15) is 21.5 Å². The van der Waals surface area contributed by atoms with Crippen LogP contribution in [-0.4, -0.2) is 33.3 Å². The molecule has 2 rings (SSSR count). The zero-order valence-electron chi connectivity index (χ0n) is 14.3. The van der Waals surface area contributed by atoms with Gasteiger partial charge in [-0.05, 0) is 42.9 Å². The lowest BCUT2D eigenvalue weighted by atomic mass is 10.1. The van der Waals surface area contributed by atoms with Gasteiger partial charge < -0.3 is 4.90 Å². The molecule has 0 aliphatic heterocycles. The van der Waals surface area contributed by atoms with Crippen molar-refractivity contribution in [2.75, 3.05) is 14.1 Å². The molecule has 10 heteroatoms. The van der Waals surface area contributed by atoms with Crippen molar-refractivity contribution in [3.63, 3.8) is 0 Å². The highest BCUT2D eigenvalue weighted by atomic mass is 35.5. The van der Waals surface area contributed by atoms with Crippen LogP contribution in [0.4, 0.5) is 13.2 Å². The maximum Gasteiger partial charge on any atom is 0.416 e. The van der Waals surface area contributed by atoms with Crippen LogP contribution >= 0.6 is 11.6 Å². The molecule has 0 aliphatic carbocycles. The number of rotatable bonds is 5. The first-order valence-corrected chi connectivity index (χ1v) is 9.46. The van der Waals surface area contributed by atoms with Gasteiger partial charge in [0.25, 0.3) is 5.91 Å². The average Bonchev–Trinajstić information content (AvgIpc) is 2.61. The molecule has 0 bridgehead atoms. The highest BCUT2D eigenvalue weighted by molar-refractivity contribution is 7.89. The quantitative estimate of drug-likeness (QED) is 0.804. The van der Waals surface area contributed by atoms with E-state index in [0.29, 0.717) is 5.56 Å². The summed E-state index contributed by atoms with van der Waals surface area (Å²) in [6.45, 7) is 0.0241. The highest BCUT2D eigenvalue weighted by Gasteiger charge is 2.30. The molecule has 0 atom stereocenters. The van der Waals surface area contributed by atoms with E-state index in [2.05, 4.69) is 4.72 Å². The average molecular weight is 421 g/mol. The fourth-order valence-corrected chi connectivity index (χ4v) is 3.26. The number of hydrogen-bond acceptors (Lipinski definition) is 3. The Bertz CT molecular complexity index is 945. The second-order valence-electron chi connectivity index (χ2n) is 5.71. The highest BCUT2D eigenvalue weighted by Crippen LogP contribution is 2.29. The number of amides is 1. The molecule has 1 N–H and O–H groups in total. The van der Waals surface area contributed by atoms with Gasteiger partial charge in [0.05, 0.1) is 21.0 Å². The van der Waals surface area contributed by atoms with Gasteiger partial charge in [0.1, 0.15) is 0 Å². The lowest BCUT2D eigenvalue weighted by molar-refractivity contribution is -0.137. The smallest absolute Gasteiger partial charge is 0.337 e. The molecule has 0 unspecified atom stereocenters. The zero-order chi connectivity index (χ0) is 20.4. The summed E-state index contributed by atoms with van der Waals surface area (Å²) in [5.41, 5.74) is -0.329. The maximum absolute atomic E-state index is 12.6. The Morgan fingerprint density at radius 2 is 1.74 bits per heavy atom. The first-order chi connectivity index (χ1) is 12.5. The number of halogens is 4. The van der Waals surface area contributed by atoms with Gasteiger partial charge in [0.2, 0.25) is 10.0 Å². The van der Waals surface area contributed by atoms with Crippen LogP contribution in [0.5, 0.6) is 0 Å². The standard InChI is InChI=1S/C17H16ClF3N2O3S/c1-22-27(25,26)13-7-8-15(18)14(9-13)16(24)23(2)10-11-3-5-12(6-4-11)17(19,20)21/h3-9,22H,10H2,1-2H3. The molecule has 27 heavy (non-hydrogen) atoms.